The Kier molecular flexibility index (Phi) is 45.8. The molecule has 0 aromatic carbocycles. The molecule has 0 radical (unpaired) electrons. The Bertz CT molecular complexity index is 1350. The third-order valence-corrected chi connectivity index (χ3v) is 15.2. The van der Waals surface area contributed by atoms with Gasteiger partial charge in [0.25, 0.3) is 0 Å². The van der Waals surface area contributed by atoms with Crippen LogP contribution in [0.2, 0.25) is 0 Å². The van der Waals surface area contributed by atoms with Gasteiger partial charge in [0.2, 0.25) is 0 Å². The SMILES string of the molecule is CCCCC/C=C\C/C=C\CCCCCCCCCCCCOCC(COC1OC(COC2OC(CO)C(O)C(O)C2O)C(O)C(O)C1O)OC(=O)CCCCCCCCCCCCCCCCCCCCCCCC. The first kappa shape index (κ1) is 70.6. The predicted molar refractivity (Wildman–Crippen MR) is 303 cm³/mol. The number of allylic oxidation sites excluding steroid dienone is 4. The first-order chi connectivity index (χ1) is 37.1. The standard InChI is InChI=1S/C62H116O14/c1-3-5-7-9-11-13-15-17-19-21-23-25-26-27-29-31-33-35-37-39-41-43-45-54(64)74-51(48-71-46-44-42-40-38-36-34-32-30-28-24-22-20-18-16-14-12-10-8-6-4-2)49-72-61-60(70)58(68)56(66)53(76-61)50-73-62-59(69)57(67)55(65)52(47-63)75-62/h12,14,18,20,51-53,55-63,65-70H,3-11,13,15-17,19,21-50H2,1-2H3/b14-12-,20-18-. The van der Waals surface area contributed by atoms with E-state index in [1.807, 2.05) is 0 Å². The molecule has 0 bridgehead atoms. The molecule has 0 spiro atoms. The van der Waals surface area contributed by atoms with E-state index in [9.17, 15) is 40.5 Å². The molecule has 2 heterocycles. The number of aliphatic hydroxyl groups is 7. The zero-order chi connectivity index (χ0) is 55.1. The van der Waals surface area contributed by atoms with Crippen molar-refractivity contribution in [3.63, 3.8) is 0 Å². The molecule has 448 valence electrons. The summed E-state index contributed by atoms with van der Waals surface area (Å²) in [6.45, 7) is 3.72. The largest absolute Gasteiger partial charge is 0.457 e. The zero-order valence-corrected chi connectivity index (χ0v) is 48.3. The number of esters is 1. The minimum Gasteiger partial charge on any atom is -0.457 e. The lowest BCUT2D eigenvalue weighted by atomic mass is 9.98. The van der Waals surface area contributed by atoms with E-state index in [0.717, 1.165) is 44.9 Å². The van der Waals surface area contributed by atoms with Crippen LogP contribution in [0.4, 0.5) is 0 Å². The highest BCUT2D eigenvalue weighted by Gasteiger charge is 2.47. The molecular weight excluding hydrogens is 969 g/mol. The van der Waals surface area contributed by atoms with Crippen molar-refractivity contribution in [2.24, 2.45) is 0 Å². The number of aliphatic hydroxyl groups excluding tert-OH is 7. The molecule has 0 amide bonds. The lowest BCUT2D eigenvalue weighted by Gasteiger charge is -2.42. The van der Waals surface area contributed by atoms with Gasteiger partial charge in [-0.2, -0.15) is 0 Å². The van der Waals surface area contributed by atoms with Crippen LogP contribution in [0.25, 0.3) is 0 Å². The molecule has 14 heteroatoms. The lowest BCUT2D eigenvalue weighted by Crippen LogP contribution is -2.61. The van der Waals surface area contributed by atoms with Gasteiger partial charge in [-0.05, 0) is 44.9 Å². The first-order valence-corrected chi connectivity index (χ1v) is 31.4. The molecule has 2 rings (SSSR count). The van der Waals surface area contributed by atoms with Gasteiger partial charge in [0.15, 0.2) is 12.6 Å². The molecule has 11 atom stereocenters. The van der Waals surface area contributed by atoms with Crippen molar-refractivity contribution in [1.82, 2.24) is 0 Å². The Hall–Kier alpha value is -1.53. The smallest absolute Gasteiger partial charge is 0.306 e. The number of carbonyl (C=O) groups excluding carboxylic acids is 1. The fourth-order valence-corrected chi connectivity index (χ4v) is 10.1. The summed E-state index contributed by atoms with van der Waals surface area (Å²) in [6, 6.07) is 0. The van der Waals surface area contributed by atoms with Crippen LogP contribution in [0.3, 0.4) is 0 Å². The topological polar surface area (TPSA) is 214 Å². The van der Waals surface area contributed by atoms with Crippen molar-refractivity contribution < 1.29 is 69.0 Å². The van der Waals surface area contributed by atoms with Crippen molar-refractivity contribution in [1.29, 1.82) is 0 Å². The summed E-state index contributed by atoms with van der Waals surface area (Å²) in [7, 11) is 0. The van der Waals surface area contributed by atoms with Gasteiger partial charge in [-0.3, -0.25) is 4.79 Å². The molecule has 7 N–H and O–H groups in total. The third-order valence-electron chi connectivity index (χ3n) is 15.2. The Morgan fingerprint density at radius 2 is 0.816 bits per heavy atom. The van der Waals surface area contributed by atoms with Gasteiger partial charge in [0.1, 0.15) is 54.9 Å². The molecule has 11 unspecified atom stereocenters. The van der Waals surface area contributed by atoms with Crippen LogP contribution in [0.1, 0.15) is 264 Å². The quantitative estimate of drug-likeness (QED) is 0.0172. The van der Waals surface area contributed by atoms with Gasteiger partial charge in [-0.1, -0.05) is 237 Å². The van der Waals surface area contributed by atoms with Crippen LogP contribution in [0.5, 0.6) is 0 Å². The van der Waals surface area contributed by atoms with Crippen LogP contribution < -0.4 is 0 Å². The lowest BCUT2D eigenvalue weighted by molar-refractivity contribution is -0.332. The third kappa shape index (κ3) is 35.3. The van der Waals surface area contributed by atoms with E-state index in [1.54, 1.807) is 0 Å². The fraction of sp³-hybridized carbons (Fsp3) is 0.919. The van der Waals surface area contributed by atoms with Gasteiger partial charge < -0.3 is 64.2 Å². The Balaban J connectivity index is 1.68. The summed E-state index contributed by atoms with van der Waals surface area (Å²) in [5.74, 6) is -0.370. The minimum atomic E-state index is -1.71. The maximum Gasteiger partial charge on any atom is 0.306 e. The van der Waals surface area contributed by atoms with Crippen molar-refractivity contribution >= 4 is 5.97 Å². The average Bonchev–Trinajstić information content (AvgIpc) is 3.42. The summed E-state index contributed by atoms with van der Waals surface area (Å²) >= 11 is 0. The maximum absolute atomic E-state index is 13.1. The highest BCUT2D eigenvalue weighted by Crippen LogP contribution is 2.27. The van der Waals surface area contributed by atoms with Crippen molar-refractivity contribution in [3.05, 3.63) is 24.3 Å². The highest BCUT2D eigenvalue weighted by atomic mass is 16.7. The van der Waals surface area contributed by atoms with Crippen LogP contribution >= 0.6 is 0 Å². The van der Waals surface area contributed by atoms with Crippen molar-refractivity contribution in [3.8, 4) is 0 Å². The van der Waals surface area contributed by atoms with E-state index in [0.29, 0.717) is 13.0 Å². The number of rotatable bonds is 52. The molecule has 76 heavy (non-hydrogen) atoms. The molecule has 2 saturated heterocycles. The predicted octanol–water partition coefficient (Wildman–Crippen LogP) is 11.9. The maximum atomic E-state index is 13.1. The first-order valence-electron chi connectivity index (χ1n) is 31.4. The Morgan fingerprint density at radius 1 is 0.434 bits per heavy atom. The molecule has 2 aliphatic heterocycles. The molecule has 2 fully saturated rings. The average molecular weight is 1090 g/mol. The van der Waals surface area contributed by atoms with Crippen LogP contribution in [0, 0.1) is 0 Å². The van der Waals surface area contributed by atoms with E-state index < -0.39 is 80.7 Å². The second kappa shape index (κ2) is 49.3. The van der Waals surface area contributed by atoms with Gasteiger partial charge >= 0.3 is 5.97 Å². The second-order valence-corrected chi connectivity index (χ2v) is 22.2. The van der Waals surface area contributed by atoms with Crippen molar-refractivity contribution in [2.45, 2.75) is 332 Å². The number of unbranched alkanes of at least 4 members (excludes halogenated alkanes) is 34. The van der Waals surface area contributed by atoms with E-state index in [-0.39, 0.29) is 25.6 Å². The minimum absolute atomic E-state index is 0.0642. The summed E-state index contributed by atoms with van der Waals surface area (Å²) in [4.78, 5) is 13.1. The van der Waals surface area contributed by atoms with Gasteiger partial charge in [-0.15, -0.1) is 0 Å². The molecule has 0 aliphatic carbocycles. The summed E-state index contributed by atoms with van der Waals surface area (Å²) in [6.07, 6.45) is 41.0. The highest BCUT2D eigenvalue weighted by molar-refractivity contribution is 5.69. The van der Waals surface area contributed by atoms with Crippen LogP contribution in [0.15, 0.2) is 24.3 Å². The van der Waals surface area contributed by atoms with E-state index in [4.69, 9.17) is 28.4 Å². The van der Waals surface area contributed by atoms with E-state index in [1.165, 1.54) is 193 Å². The molecule has 0 saturated carbocycles. The van der Waals surface area contributed by atoms with Gasteiger partial charge in [0, 0.05) is 13.0 Å². The number of hydrogen-bond acceptors (Lipinski definition) is 14. The second-order valence-electron chi connectivity index (χ2n) is 22.2. The number of ether oxygens (including phenoxy) is 6. The normalized spacial score (nSPS) is 24.5. The van der Waals surface area contributed by atoms with E-state index in [2.05, 4.69) is 38.2 Å². The Labute approximate surface area is 462 Å². The molecular formula is C62H116O14. The van der Waals surface area contributed by atoms with Crippen molar-refractivity contribution in [2.75, 3.05) is 33.0 Å². The molecule has 14 nitrogen and oxygen atoms in total. The molecule has 2 aliphatic rings. The van der Waals surface area contributed by atoms with Gasteiger partial charge in [0.05, 0.1) is 26.4 Å². The Morgan fingerprint density at radius 3 is 1.29 bits per heavy atom. The summed E-state index contributed by atoms with van der Waals surface area (Å²) in [5, 5.41) is 72.4. The fourth-order valence-electron chi connectivity index (χ4n) is 10.1. The monoisotopic (exact) mass is 1080 g/mol. The van der Waals surface area contributed by atoms with Crippen LogP contribution in [-0.4, -0.2) is 142 Å². The number of carbonyl (C=O) groups is 1. The zero-order valence-electron chi connectivity index (χ0n) is 48.3. The summed E-state index contributed by atoms with van der Waals surface area (Å²) in [5.41, 5.74) is 0. The van der Waals surface area contributed by atoms with Crippen LogP contribution in [-0.2, 0) is 33.2 Å². The van der Waals surface area contributed by atoms with E-state index >= 15 is 0 Å². The number of hydrogen-bond donors (Lipinski definition) is 7. The molecule has 0 aromatic rings. The van der Waals surface area contributed by atoms with Gasteiger partial charge in [-0.25, -0.2) is 0 Å². The molecule has 0 aromatic heterocycles. The summed E-state index contributed by atoms with van der Waals surface area (Å²) < 4.78 is 34.5.